The summed E-state index contributed by atoms with van der Waals surface area (Å²) in [6.07, 6.45) is 3.63. The average Bonchev–Trinajstić information content (AvgIpc) is 3.16. The van der Waals surface area contributed by atoms with E-state index >= 15 is 0 Å². The van der Waals surface area contributed by atoms with Crippen molar-refractivity contribution >= 4 is 29.7 Å². The molecule has 1 heterocycles. The first kappa shape index (κ1) is 23.4. The standard InChI is InChI=1S/C24H26O7S/c1-26-17-11-21(30-5)19(28-3)8-14(17)7-16-13-32-23(24(16)25)10-15-9-20(29-4)22(31-6)12-18(15)27-2/h7-12H,13H2,1-6H3. The molecule has 1 saturated heterocycles. The summed E-state index contributed by atoms with van der Waals surface area (Å²) in [5, 5.41) is 0. The number of allylic oxidation sites excluding steroid dienone is 1. The number of methoxy groups -OCH3 is 6. The minimum absolute atomic E-state index is 0.0522. The van der Waals surface area contributed by atoms with E-state index in [1.54, 1.807) is 73.0 Å². The number of carbonyl (C=O) groups excluding carboxylic acids is 1. The van der Waals surface area contributed by atoms with E-state index in [9.17, 15) is 4.79 Å². The molecule has 0 aromatic heterocycles. The predicted octanol–water partition coefficient (Wildman–Crippen LogP) is 4.48. The summed E-state index contributed by atoms with van der Waals surface area (Å²) < 4.78 is 32.4. The zero-order valence-corrected chi connectivity index (χ0v) is 19.8. The maximum atomic E-state index is 13.1. The van der Waals surface area contributed by atoms with Gasteiger partial charge >= 0.3 is 0 Å². The average molecular weight is 459 g/mol. The lowest BCUT2D eigenvalue weighted by Crippen LogP contribution is -1.99. The van der Waals surface area contributed by atoms with Gasteiger partial charge in [-0.25, -0.2) is 0 Å². The van der Waals surface area contributed by atoms with E-state index in [1.165, 1.54) is 11.8 Å². The van der Waals surface area contributed by atoms with Crippen LogP contribution >= 0.6 is 11.8 Å². The highest BCUT2D eigenvalue weighted by atomic mass is 32.2. The van der Waals surface area contributed by atoms with Crippen molar-refractivity contribution in [2.24, 2.45) is 0 Å². The molecule has 0 radical (unpaired) electrons. The van der Waals surface area contributed by atoms with Gasteiger partial charge < -0.3 is 28.4 Å². The number of benzene rings is 2. The van der Waals surface area contributed by atoms with Gasteiger partial charge in [0.25, 0.3) is 0 Å². The van der Waals surface area contributed by atoms with Gasteiger partial charge in [0.15, 0.2) is 28.8 Å². The molecule has 0 unspecified atom stereocenters. The van der Waals surface area contributed by atoms with Crippen molar-refractivity contribution in [2.75, 3.05) is 48.4 Å². The van der Waals surface area contributed by atoms with Crippen LogP contribution in [0.15, 0.2) is 34.7 Å². The molecule has 0 saturated carbocycles. The zero-order chi connectivity index (χ0) is 23.3. The summed E-state index contributed by atoms with van der Waals surface area (Å²) in [7, 11) is 9.39. The molecule has 170 valence electrons. The SMILES string of the molecule is COc1cc(OC)c(OC)cc1C=C1CSC(=Cc2cc(OC)c(OC)cc2OC)C1=O. The number of rotatable bonds is 8. The fourth-order valence-corrected chi connectivity index (χ4v) is 4.32. The molecule has 1 fully saturated rings. The van der Waals surface area contributed by atoms with Crippen LogP contribution in [0.4, 0.5) is 0 Å². The molecule has 0 spiro atoms. The first-order chi connectivity index (χ1) is 15.5. The van der Waals surface area contributed by atoms with Gasteiger partial charge in [-0.2, -0.15) is 0 Å². The molecule has 32 heavy (non-hydrogen) atoms. The number of thioether (sulfide) groups is 1. The van der Waals surface area contributed by atoms with Crippen LogP contribution in [0.25, 0.3) is 12.2 Å². The van der Waals surface area contributed by atoms with Crippen molar-refractivity contribution in [3.8, 4) is 34.5 Å². The van der Waals surface area contributed by atoms with Gasteiger partial charge in [-0.05, 0) is 24.3 Å². The number of hydrogen-bond acceptors (Lipinski definition) is 8. The van der Waals surface area contributed by atoms with E-state index in [-0.39, 0.29) is 5.78 Å². The molecule has 7 nitrogen and oxygen atoms in total. The summed E-state index contributed by atoms with van der Waals surface area (Å²) in [5.41, 5.74) is 2.12. The Balaban J connectivity index is 1.98. The molecule has 0 amide bonds. The Morgan fingerprint density at radius 1 is 0.625 bits per heavy atom. The molecule has 8 heteroatoms. The number of ether oxygens (including phenoxy) is 6. The van der Waals surface area contributed by atoms with Gasteiger partial charge in [0.2, 0.25) is 0 Å². The molecule has 0 N–H and O–H groups in total. The largest absolute Gasteiger partial charge is 0.496 e. The second kappa shape index (κ2) is 10.4. The molecule has 0 atom stereocenters. The van der Waals surface area contributed by atoms with Gasteiger partial charge in [0.1, 0.15) is 11.5 Å². The van der Waals surface area contributed by atoms with Gasteiger partial charge in [-0.3, -0.25) is 4.79 Å². The summed E-state index contributed by atoms with van der Waals surface area (Å²) in [6, 6.07) is 7.06. The van der Waals surface area contributed by atoms with Crippen molar-refractivity contribution in [1.29, 1.82) is 0 Å². The molecule has 2 aromatic rings. The first-order valence-electron chi connectivity index (χ1n) is 9.69. The topological polar surface area (TPSA) is 72.5 Å². The Kier molecular flexibility index (Phi) is 7.58. The molecule has 2 aromatic carbocycles. The highest BCUT2D eigenvalue weighted by Crippen LogP contribution is 2.41. The van der Waals surface area contributed by atoms with Crippen molar-refractivity contribution in [2.45, 2.75) is 0 Å². The molecule has 3 rings (SSSR count). The highest BCUT2D eigenvalue weighted by molar-refractivity contribution is 8.05. The van der Waals surface area contributed by atoms with Crippen LogP contribution in [0.1, 0.15) is 11.1 Å². The second-order valence-electron chi connectivity index (χ2n) is 6.69. The summed E-state index contributed by atoms with van der Waals surface area (Å²) in [6.45, 7) is 0. The summed E-state index contributed by atoms with van der Waals surface area (Å²) in [4.78, 5) is 13.7. The quantitative estimate of drug-likeness (QED) is 0.536. The van der Waals surface area contributed by atoms with Crippen LogP contribution in [0.5, 0.6) is 34.5 Å². The minimum atomic E-state index is -0.0522. The first-order valence-corrected chi connectivity index (χ1v) is 10.7. The summed E-state index contributed by atoms with van der Waals surface area (Å²) in [5.74, 6) is 3.89. The van der Waals surface area contributed by atoms with Crippen LogP contribution in [0.2, 0.25) is 0 Å². The van der Waals surface area contributed by atoms with Gasteiger partial charge in [-0.15, -0.1) is 11.8 Å². The summed E-state index contributed by atoms with van der Waals surface area (Å²) >= 11 is 1.47. The monoisotopic (exact) mass is 458 g/mol. The Bertz CT molecular complexity index is 989. The van der Waals surface area contributed by atoms with Crippen LogP contribution < -0.4 is 28.4 Å². The van der Waals surface area contributed by atoms with Crippen molar-refractivity contribution in [3.05, 3.63) is 45.9 Å². The number of hydrogen-bond donors (Lipinski definition) is 0. The highest BCUT2D eigenvalue weighted by Gasteiger charge is 2.25. The van der Waals surface area contributed by atoms with E-state index in [0.717, 1.165) is 11.1 Å². The minimum Gasteiger partial charge on any atom is -0.496 e. The lowest BCUT2D eigenvalue weighted by Gasteiger charge is -2.12. The molecule has 0 aliphatic carbocycles. The molecular formula is C24H26O7S. The number of Topliss-reactive ketones (excluding diaryl/α,β-unsaturated/α-hetero) is 1. The Labute approximate surface area is 191 Å². The Morgan fingerprint density at radius 3 is 1.47 bits per heavy atom. The Hall–Kier alpha value is -3.26. The number of ketones is 1. The lowest BCUT2D eigenvalue weighted by molar-refractivity contribution is -0.111. The zero-order valence-electron chi connectivity index (χ0n) is 18.9. The van der Waals surface area contributed by atoms with E-state index in [2.05, 4.69) is 0 Å². The van der Waals surface area contributed by atoms with E-state index in [1.807, 2.05) is 6.08 Å². The second-order valence-corrected chi connectivity index (χ2v) is 7.71. The van der Waals surface area contributed by atoms with Gasteiger partial charge in [0, 0.05) is 34.6 Å². The van der Waals surface area contributed by atoms with Crippen molar-refractivity contribution in [1.82, 2.24) is 0 Å². The fraction of sp³-hybridized carbons (Fsp3) is 0.292. The predicted molar refractivity (Wildman–Crippen MR) is 126 cm³/mol. The van der Waals surface area contributed by atoms with Crippen LogP contribution in [0, 0.1) is 0 Å². The van der Waals surface area contributed by atoms with Gasteiger partial charge in [0.05, 0.1) is 47.6 Å². The molecular weight excluding hydrogens is 432 g/mol. The fourth-order valence-electron chi connectivity index (χ4n) is 3.32. The van der Waals surface area contributed by atoms with Gasteiger partial charge in [-0.1, -0.05) is 0 Å². The normalized spacial score (nSPS) is 15.8. The maximum absolute atomic E-state index is 13.1. The molecule has 1 aliphatic heterocycles. The lowest BCUT2D eigenvalue weighted by atomic mass is 10.1. The maximum Gasteiger partial charge on any atom is 0.196 e. The van der Waals surface area contributed by atoms with Crippen molar-refractivity contribution < 1.29 is 33.2 Å². The van der Waals surface area contributed by atoms with Crippen molar-refractivity contribution in [3.63, 3.8) is 0 Å². The van der Waals surface area contributed by atoms with Crippen LogP contribution in [0.3, 0.4) is 0 Å². The van der Waals surface area contributed by atoms with E-state index < -0.39 is 0 Å². The third kappa shape index (κ3) is 4.65. The van der Waals surface area contributed by atoms with Crippen LogP contribution in [-0.4, -0.2) is 54.2 Å². The number of carbonyl (C=O) groups is 1. The third-order valence-electron chi connectivity index (χ3n) is 4.99. The van der Waals surface area contributed by atoms with E-state index in [4.69, 9.17) is 28.4 Å². The molecule has 0 bridgehead atoms. The molecule has 1 aliphatic rings. The third-order valence-corrected chi connectivity index (χ3v) is 6.06. The smallest absolute Gasteiger partial charge is 0.196 e. The Morgan fingerprint density at radius 2 is 1.03 bits per heavy atom. The van der Waals surface area contributed by atoms with Crippen LogP contribution in [-0.2, 0) is 4.79 Å². The van der Waals surface area contributed by atoms with E-state index in [0.29, 0.717) is 50.7 Å².